The molecule has 0 bridgehead atoms. The van der Waals surface area contributed by atoms with Crippen molar-refractivity contribution < 1.29 is 12.3 Å². The number of rotatable bonds is 2. The van der Waals surface area contributed by atoms with Crippen molar-refractivity contribution in [3.05, 3.63) is 34.7 Å². The van der Waals surface area contributed by atoms with E-state index in [1.807, 2.05) is 0 Å². The van der Waals surface area contributed by atoms with Crippen LogP contribution in [-0.4, -0.2) is 8.42 Å². The van der Waals surface area contributed by atoms with Gasteiger partial charge in [0.1, 0.15) is 4.90 Å². The quantitative estimate of drug-likeness (QED) is 0.318. The predicted molar refractivity (Wildman–Crippen MR) is 43.5 cm³/mol. The van der Waals surface area contributed by atoms with Gasteiger partial charge in [-0.3, -0.25) is 0 Å². The van der Waals surface area contributed by atoms with E-state index in [2.05, 4.69) is 10.0 Å². The Bertz CT molecular complexity index is 465. The first-order chi connectivity index (χ1) is 6.05. The molecule has 0 aliphatic heterocycles. The Labute approximate surface area is 73.7 Å². The summed E-state index contributed by atoms with van der Waals surface area (Å²) in [5.74, 6) is 0. The second kappa shape index (κ2) is 3.42. The molecular formula is C6H4FN3O2S. The second-order valence-electron chi connectivity index (χ2n) is 2.10. The minimum atomic E-state index is -4.82. The van der Waals surface area contributed by atoms with E-state index in [0.29, 0.717) is 0 Å². The summed E-state index contributed by atoms with van der Waals surface area (Å²) in [4.78, 5) is 1.76. The van der Waals surface area contributed by atoms with Gasteiger partial charge in [0.15, 0.2) is 0 Å². The molecule has 0 fully saturated rings. The van der Waals surface area contributed by atoms with Gasteiger partial charge >= 0.3 is 10.2 Å². The molecule has 0 heterocycles. The number of azide groups is 1. The SMILES string of the molecule is [N-]=[N+]=Nc1ccccc1S(=O)(=O)F. The maximum Gasteiger partial charge on any atom is 0.332 e. The fourth-order valence-corrected chi connectivity index (χ4v) is 1.39. The van der Waals surface area contributed by atoms with Gasteiger partial charge in [0.2, 0.25) is 0 Å². The van der Waals surface area contributed by atoms with Crippen LogP contribution in [0.1, 0.15) is 0 Å². The van der Waals surface area contributed by atoms with Gasteiger partial charge in [-0.25, -0.2) is 0 Å². The molecule has 1 rings (SSSR count). The number of halogens is 1. The first-order valence-corrected chi connectivity index (χ1v) is 4.53. The van der Waals surface area contributed by atoms with Gasteiger partial charge in [-0.05, 0) is 11.6 Å². The van der Waals surface area contributed by atoms with Crippen molar-refractivity contribution in [1.29, 1.82) is 0 Å². The average Bonchev–Trinajstić information content (AvgIpc) is 2.04. The zero-order valence-electron chi connectivity index (χ0n) is 6.25. The Kier molecular flexibility index (Phi) is 2.50. The summed E-state index contributed by atoms with van der Waals surface area (Å²) in [7, 11) is -4.82. The Morgan fingerprint density at radius 1 is 1.38 bits per heavy atom. The standard InChI is InChI=1S/C6H4FN3O2S/c7-13(11,12)6-4-2-1-3-5(6)9-10-8/h1-4H. The molecule has 68 valence electrons. The molecule has 0 aliphatic carbocycles. The van der Waals surface area contributed by atoms with Crippen molar-refractivity contribution in [1.82, 2.24) is 0 Å². The summed E-state index contributed by atoms with van der Waals surface area (Å²) in [6.07, 6.45) is 0. The lowest BCUT2D eigenvalue weighted by molar-refractivity contribution is 0.552. The average molecular weight is 201 g/mol. The van der Waals surface area contributed by atoms with Crippen molar-refractivity contribution in [3.8, 4) is 0 Å². The van der Waals surface area contributed by atoms with Gasteiger partial charge in [-0.1, -0.05) is 23.3 Å². The van der Waals surface area contributed by atoms with Gasteiger partial charge in [-0.2, -0.15) is 8.42 Å². The summed E-state index contributed by atoms with van der Waals surface area (Å²) in [6.45, 7) is 0. The van der Waals surface area contributed by atoms with Gasteiger partial charge in [0.25, 0.3) is 0 Å². The Hall–Kier alpha value is -1.59. The van der Waals surface area contributed by atoms with Crippen molar-refractivity contribution in [3.63, 3.8) is 0 Å². The zero-order valence-corrected chi connectivity index (χ0v) is 7.07. The second-order valence-corrected chi connectivity index (χ2v) is 3.41. The molecule has 1 aromatic rings. The van der Waals surface area contributed by atoms with E-state index >= 15 is 0 Å². The molecule has 5 nitrogen and oxygen atoms in total. The molecule has 0 saturated carbocycles. The highest BCUT2D eigenvalue weighted by atomic mass is 32.3. The molecule has 0 aliphatic rings. The topological polar surface area (TPSA) is 82.9 Å². The number of nitrogens with zero attached hydrogens (tertiary/aromatic N) is 3. The van der Waals surface area contributed by atoms with E-state index in [1.165, 1.54) is 18.2 Å². The van der Waals surface area contributed by atoms with Gasteiger partial charge in [0.05, 0.1) is 5.69 Å². The van der Waals surface area contributed by atoms with E-state index < -0.39 is 15.1 Å². The summed E-state index contributed by atoms with van der Waals surface area (Å²) < 4.78 is 33.5. The number of benzene rings is 1. The minimum absolute atomic E-state index is 0.243. The highest BCUT2D eigenvalue weighted by Crippen LogP contribution is 2.25. The highest BCUT2D eigenvalue weighted by molar-refractivity contribution is 7.86. The van der Waals surface area contributed by atoms with E-state index in [1.54, 1.807) is 0 Å². The summed E-state index contributed by atoms with van der Waals surface area (Å²) in [5.41, 5.74) is 7.81. The van der Waals surface area contributed by atoms with Crippen LogP contribution in [0.15, 0.2) is 34.3 Å². The lowest BCUT2D eigenvalue weighted by atomic mass is 10.3. The third-order valence-corrected chi connectivity index (χ3v) is 2.15. The third-order valence-electron chi connectivity index (χ3n) is 1.28. The molecule has 0 atom stereocenters. The van der Waals surface area contributed by atoms with Crippen LogP contribution in [0.5, 0.6) is 0 Å². The van der Waals surface area contributed by atoms with Crippen LogP contribution < -0.4 is 0 Å². The van der Waals surface area contributed by atoms with Gasteiger partial charge in [0, 0.05) is 4.91 Å². The van der Waals surface area contributed by atoms with Crippen molar-refractivity contribution in [2.24, 2.45) is 5.11 Å². The molecule has 0 spiro atoms. The predicted octanol–water partition coefficient (Wildman–Crippen LogP) is 2.29. The molecule has 0 amide bonds. The first kappa shape index (κ1) is 9.50. The maximum atomic E-state index is 12.5. The number of hydrogen-bond donors (Lipinski definition) is 0. The lowest BCUT2D eigenvalue weighted by Crippen LogP contribution is -1.91. The van der Waals surface area contributed by atoms with E-state index in [9.17, 15) is 12.3 Å². The number of hydrogen-bond acceptors (Lipinski definition) is 3. The molecule has 7 heteroatoms. The van der Waals surface area contributed by atoms with Crippen LogP contribution in [0, 0.1) is 0 Å². The molecule has 0 N–H and O–H groups in total. The van der Waals surface area contributed by atoms with Crippen LogP contribution in [0.2, 0.25) is 0 Å². The molecule has 13 heavy (non-hydrogen) atoms. The monoisotopic (exact) mass is 201 g/mol. The van der Waals surface area contributed by atoms with Crippen LogP contribution in [-0.2, 0) is 10.2 Å². The van der Waals surface area contributed by atoms with Crippen LogP contribution in [0.4, 0.5) is 9.57 Å². The minimum Gasteiger partial charge on any atom is -0.189 e. The molecular weight excluding hydrogens is 197 g/mol. The maximum absolute atomic E-state index is 12.5. The smallest absolute Gasteiger partial charge is 0.189 e. The van der Waals surface area contributed by atoms with E-state index in [4.69, 9.17) is 5.53 Å². The molecule has 1 aromatic carbocycles. The molecule has 0 aromatic heterocycles. The Balaban J connectivity index is 3.45. The summed E-state index contributed by atoms with van der Waals surface area (Å²) in [6, 6.07) is 5.02. The lowest BCUT2D eigenvalue weighted by Gasteiger charge is -1.97. The zero-order chi connectivity index (χ0) is 9.90. The third kappa shape index (κ3) is 2.17. The van der Waals surface area contributed by atoms with Crippen molar-refractivity contribution in [2.45, 2.75) is 4.90 Å². The Morgan fingerprint density at radius 2 is 2.00 bits per heavy atom. The van der Waals surface area contributed by atoms with Gasteiger partial charge in [-0.15, -0.1) is 3.89 Å². The van der Waals surface area contributed by atoms with Crippen LogP contribution in [0.3, 0.4) is 0 Å². The van der Waals surface area contributed by atoms with E-state index in [-0.39, 0.29) is 5.69 Å². The molecule has 0 unspecified atom stereocenters. The molecule has 0 radical (unpaired) electrons. The Morgan fingerprint density at radius 3 is 2.54 bits per heavy atom. The first-order valence-electron chi connectivity index (χ1n) is 3.14. The van der Waals surface area contributed by atoms with Crippen molar-refractivity contribution >= 4 is 15.9 Å². The van der Waals surface area contributed by atoms with Crippen LogP contribution in [0.25, 0.3) is 10.4 Å². The van der Waals surface area contributed by atoms with Crippen LogP contribution >= 0.6 is 0 Å². The van der Waals surface area contributed by atoms with E-state index in [0.717, 1.165) is 6.07 Å². The van der Waals surface area contributed by atoms with Crippen molar-refractivity contribution in [2.75, 3.05) is 0 Å². The highest BCUT2D eigenvalue weighted by Gasteiger charge is 2.15. The fraction of sp³-hybridized carbons (Fsp3) is 0. The normalized spacial score (nSPS) is 10.5. The largest absolute Gasteiger partial charge is 0.332 e. The fourth-order valence-electron chi connectivity index (χ4n) is 0.794. The summed E-state index contributed by atoms with van der Waals surface area (Å²) in [5, 5.41) is 3.03. The summed E-state index contributed by atoms with van der Waals surface area (Å²) >= 11 is 0. The molecule has 0 saturated heterocycles. The van der Waals surface area contributed by atoms with Gasteiger partial charge < -0.3 is 0 Å².